The molecule has 0 aromatic rings. The molecule has 0 fully saturated rings. The minimum absolute atomic E-state index is 0. The van der Waals surface area contributed by atoms with Crippen LogP contribution in [0.15, 0.2) is 0 Å². The Morgan fingerprint density at radius 3 is 1.62 bits per heavy atom. The van der Waals surface area contributed by atoms with Gasteiger partial charge in [0.05, 0.1) is 6.42 Å². The minimum atomic E-state index is -4.00. The van der Waals surface area contributed by atoms with Gasteiger partial charge in [0.1, 0.15) is 0 Å². The third-order valence-corrected chi connectivity index (χ3v) is 0.774. The van der Waals surface area contributed by atoms with E-state index in [4.69, 9.17) is 0 Å². The van der Waals surface area contributed by atoms with E-state index >= 15 is 0 Å². The van der Waals surface area contributed by atoms with Crippen LogP contribution in [-0.2, 0) is 19.5 Å². The van der Waals surface area contributed by atoms with E-state index in [0.29, 0.717) is 0 Å². The minimum Gasteiger partial charge on any atom is -0.171 e. The fourth-order valence-corrected chi connectivity index (χ4v) is 0.557. The van der Waals surface area contributed by atoms with E-state index in [2.05, 4.69) is 15.9 Å². The molecule has 0 atom stereocenters. The van der Waals surface area contributed by atoms with Crippen LogP contribution in [-0.4, -0.2) is 11.5 Å². The summed E-state index contributed by atoms with van der Waals surface area (Å²) in [6, 6.07) is 0. The summed E-state index contributed by atoms with van der Waals surface area (Å²) in [5.41, 5.74) is 0. The first-order valence-corrected chi connectivity index (χ1v) is 2.81. The van der Waals surface area contributed by atoms with E-state index < -0.39 is 12.6 Å². The Labute approximate surface area is 66.7 Å². The van der Waals surface area contributed by atoms with Gasteiger partial charge in [-0.2, -0.15) is 13.2 Å². The molecule has 46 valence electrons. The second kappa shape index (κ2) is 4.74. The summed E-state index contributed by atoms with van der Waals surface area (Å²) in [4.78, 5) is 0. The van der Waals surface area contributed by atoms with Crippen molar-refractivity contribution in [3.8, 4) is 0 Å². The molecule has 0 amide bonds. The average molecular weight is 242 g/mol. The van der Waals surface area contributed by atoms with Crippen molar-refractivity contribution < 1.29 is 32.6 Å². The molecule has 0 aromatic heterocycles. The molecule has 0 nitrogen and oxygen atoms in total. The van der Waals surface area contributed by atoms with Gasteiger partial charge in [-0.3, -0.25) is 0 Å². The second-order valence-electron chi connectivity index (χ2n) is 1.05. The summed E-state index contributed by atoms with van der Waals surface area (Å²) in [5, 5.41) is -0.00347. The number of alkyl halides is 4. The summed E-state index contributed by atoms with van der Waals surface area (Å²) < 4.78 is 33.1. The fraction of sp³-hybridized carbons (Fsp3) is 1.00. The molecular weight excluding hydrogens is 238 g/mol. The van der Waals surface area contributed by atoms with Crippen LogP contribution in [0.1, 0.15) is 6.42 Å². The van der Waals surface area contributed by atoms with Crippen molar-refractivity contribution in [3.05, 3.63) is 0 Å². The van der Waals surface area contributed by atoms with Crippen LogP contribution in [0.4, 0.5) is 13.2 Å². The first kappa shape index (κ1) is 11.7. The van der Waals surface area contributed by atoms with Crippen LogP contribution in [0.3, 0.4) is 0 Å². The third kappa shape index (κ3) is 10.00. The van der Waals surface area contributed by atoms with Crippen molar-refractivity contribution in [2.24, 2.45) is 0 Å². The second-order valence-corrected chi connectivity index (χ2v) is 1.85. The van der Waals surface area contributed by atoms with E-state index in [1.54, 1.807) is 0 Å². The molecule has 0 spiro atoms. The molecule has 0 aliphatic rings. The number of hydrogen-bond acceptors (Lipinski definition) is 0. The quantitative estimate of drug-likeness (QED) is 0.489. The zero-order valence-electron chi connectivity index (χ0n) is 4.13. The predicted molar refractivity (Wildman–Crippen MR) is 24.5 cm³/mol. The Kier molecular flexibility index (Phi) is 6.91. The smallest absolute Gasteiger partial charge is 0.171 e. The number of rotatable bonds is 1. The number of hydrogen-bond donors (Lipinski definition) is 0. The van der Waals surface area contributed by atoms with Gasteiger partial charge in [-0.25, -0.2) is 0 Å². The van der Waals surface area contributed by atoms with Crippen molar-refractivity contribution >= 4 is 15.9 Å². The topological polar surface area (TPSA) is 0 Å². The first-order chi connectivity index (χ1) is 3.06. The predicted octanol–water partition coefficient (Wildman–Crippen LogP) is 2.33. The average Bonchev–Trinajstić information content (AvgIpc) is 1.30. The summed E-state index contributed by atoms with van der Waals surface area (Å²) in [5.74, 6) is 0. The third-order valence-electron chi connectivity index (χ3n) is 0.378. The van der Waals surface area contributed by atoms with E-state index in [1.807, 2.05) is 0 Å². The van der Waals surface area contributed by atoms with Crippen molar-refractivity contribution in [2.45, 2.75) is 12.6 Å². The molecule has 0 saturated carbocycles. The molecule has 0 saturated heterocycles. The van der Waals surface area contributed by atoms with Crippen LogP contribution in [0.2, 0.25) is 0 Å². The Morgan fingerprint density at radius 1 is 1.25 bits per heavy atom. The van der Waals surface area contributed by atoms with Crippen molar-refractivity contribution in [1.82, 2.24) is 0 Å². The zero-order valence-corrected chi connectivity index (χ0v) is 8.69. The molecular formula is C3H4BrF3Zn. The van der Waals surface area contributed by atoms with E-state index in [-0.39, 0.29) is 24.8 Å². The van der Waals surface area contributed by atoms with E-state index in [0.717, 1.165) is 0 Å². The summed E-state index contributed by atoms with van der Waals surface area (Å²) in [6.07, 6.45) is -4.74. The largest absolute Gasteiger partial charge is 0.389 e. The van der Waals surface area contributed by atoms with Crippen LogP contribution in [0, 0.1) is 0 Å². The Bertz CT molecular complexity index is 53.0. The SMILES string of the molecule is FC(F)(F)CCBr.[Zn]. The Morgan fingerprint density at radius 2 is 1.62 bits per heavy atom. The first-order valence-electron chi connectivity index (χ1n) is 1.69. The van der Waals surface area contributed by atoms with Gasteiger partial charge in [-0.1, -0.05) is 15.9 Å². The normalized spacial score (nSPS) is 10.5. The Balaban J connectivity index is 0. The molecule has 0 heterocycles. The molecule has 0 rings (SSSR count). The molecule has 0 unspecified atom stereocenters. The Hall–Kier alpha value is 0.893. The molecule has 8 heavy (non-hydrogen) atoms. The molecule has 0 aromatic carbocycles. The van der Waals surface area contributed by atoms with Gasteiger partial charge in [-0.05, 0) is 0 Å². The molecule has 0 N–H and O–H groups in total. The van der Waals surface area contributed by atoms with Gasteiger partial charge < -0.3 is 0 Å². The van der Waals surface area contributed by atoms with Gasteiger partial charge in [0, 0.05) is 24.8 Å². The van der Waals surface area contributed by atoms with Crippen molar-refractivity contribution in [3.63, 3.8) is 0 Å². The maximum absolute atomic E-state index is 11.0. The molecule has 5 heteroatoms. The fourth-order valence-electron chi connectivity index (χ4n) is 0.107. The van der Waals surface area contributed by atoms with E-state index in [1.165, 1.54) is 0 Å². The van der Waals surface area contributed by atoms with Gasteiger partial charge in [0.2, 0.25) is 0 Å². The van der Waals surface area contributed by atoms with Gasteiger partial charge in [-0.15, -0.1) is 0 Å². The maximum atomic E-state index is 11.0. The van der Waals surface area contributed by atoms with Gasteiger partial charge in [0.15, 0.2) is 0 Å². The summed E-state index contributed by atoms with van der Waals surface area (Å²) in [7, 11) is 0. The summed E-state index contributed by atoms with van der Waals surface area (Å²) >= 11 is 2.67. The zero-order chi connectivity index (χ0) is 5.91. The van der Waals surface area contributed by atoms with Crippen LogP contribution >= 0.6 is 15.9 Å². The maximum Gasteiger partial charge on any atom is 0.389 e. The van der Waals surface area contributed by atoms with Crippen LogP contribution in [0.5, 0.6) is 0 Å². The molecule has 0 bridgehead atoms. The van der Waals surface area contributed by atoms with E-state index in [9.17, 15) is 13.2 Å². The van der Waals surface area contributed by atoms with Crippen molar-refractivity contribution in [1.29, 1.82) is 0 Å². The number of halogens is 4. The summed E-state index contributed by atoms with van der Waals surface area (Å²) in [6.45, 7) is 0. The van der Waals surface area contributed by atoms with Gasteiger partial charge >= 0.3 is 6.18 Å². The van der Waals surface area contributed by atoms with Crippen LogP contribution in [0.25, 0.3) is 0 Å². The molecule has 0 radical (unpaired) electrons. The molecule has 0 aliphatic heterocycles. The monoisotopic (exact) mass is 240 g/mol. The van der Waals surface area contributed by atoms with Crippen LogP contribution < -0.4 is 0 Å². The van der Waals surface area contributed by atoms with Gasteiger partial charge in [0.25, 0.3) is 0 Å². The standard InChI is InChI=1S/C3H4BrF3.Zn/c4-2-1-3(5,6)7;/h1-2H2;. The molecule has 0 aliphatic carbocycles. The van der Waals surface area contributed by atoms with Crippen molar-refractivity contribution in [2.75, 3.05) is 5.33 Å².